The molecule has 2 aliphatic rings. The molecule has 2 heterocycles. The first-order valence-corrected chi connectivity index (χ1v) is 9.04. The van der Waals surface area contributed by atoms with E-state index in [0.717, 1.165) is 50.4 Å². The zero-order chi connectivity index (χ0) is 17.5. The molecule has 1 amide bonds. The number of primary amides is 1. The smallest absolute Gasteiger partial charge is 0.269 e. The van der Waals surface area contributed by atoms with Crippen molar-refractivity contribution in [2.45, 2.75) is 59.5 Å². The Hall–Kier alpha value is -1.62. The van der Waals surface area contributed by atoms with E-state index in [1.807, 2.05) is 0 Å². The highest BCUT2D eigenvalue weighted by Gasteiger charge is 2.30. The standard InChI is InChI=1S/C19H30N4O/c1-19(2,3)14-8-6-13(7-9-14)18-21-16(17(20)24)15-12-22(4)10-5-11-23(15)18/h6,14H,5,7-12H2,1-4H3,(H2,20,24). The molecule has 1 aromatic heterocycles. The molecule has 5 nitrogen and oxygen atoms in total. The van der Waals surface area contributed by atoms with Crippen molar-refractivity contribution >= 4 is 11.5 Å². The number of rotatable bonds is 2. The summed E-state index contributed by atoms with van der Waals surface area (Å²) in [6, 6.07) is 0. The third kappa shape index (κ3) is 3.27. The molecule has 0 saturated carbocycles. The molecule has 1 aliphatic heterocycles. The lowest BCUT2D eigenvalue weighted by atomic mass is 9.73. The van der Waals surface area contributed by atoms with E-state index in [4.69, 9.17) is 5.73 Å². The minimum atomic E-state index is -0.413. The number of aromatic nitrogens is 2. The topological polar surface area (TPSA) is 64.2 Å². The lowest BCUT2D eigenvalue weighted by Gasteiger charge is -2.33. The highest BCUT2D eigenvalue weighted by molar-refractivity contribution is 5.92. The van der Waals surface area contributed by atoms with Gasteiger partial charge in [0.15, 0.2) is 5.69 Å². The van der Waals surface area contributed by atoms with Crippen LogP contribution < -0.4 is 5.73 Å². The van der Waals surface area contributed by atoms with Crippen molar-refractivity contribution < 1.29 is 4.79 Å². The maximum absolute atomic E-state index is 11.9. The van der Waals surface area contributed by atoms with Gasteiger partial charge in [0.25, 0.3) is 5.91 Å². The Bertz CT molecular complexity index is 666. The van der Waals surface area contributed by atoms with Gasteiger partial charge in [0.05, 0.1) is 5.69 Å². The fraction of sp³-hybridized carbons (Fsp3) is 0.684. The number of hydrogen-bond acceptors (Lipinski definition) is 3. The van der Waals surface area contributed by atoms with Crippen molar-refractivity contribution in [3.05, 3.63) is 23.3 Å². The first-order valence-electron chi connectivity index (χ1n) is 9.04. The molecule has 0 saturated heterocycles. The highest BCUT2D eigenvalue weighted by Crippen LogP contribution is 2.40. The molecule has 0 radical (unpaired) electrons. The zero-order valence-corrected chi connectivity index (χ0v) is 15.4. The maximum Gasteiger partial charge on any atom is 0.269 e. The number of hydrogen-bond donors (Lipinski definition) is 1. The average Bonchev–Trinajstić information content (AvgIpc) is 2.74. The van der Waals surface area contributed by atoms with Crippen LogP contribution in [0.5, 0.6) is 0 Å². The second-order valence-corrected chi connectivity index (χ2v) is 8.40. The Balaban J connectivity index is 1.96. The molecule has 2 N–H and O–H groups in total. The lowest BCUT2D eigenvalue weighted by molar-refractivity contribution is 0.0994. The molecule has 1 aromatic rings. The SMILES string of the molecule is CN1CCCn2c(C3=CCC(C(C)(C)C)CC3)nc(C(N)=O)c2C1. The van der Waals surface area contributed by atoms with Crippen LogP contribution in [0.4, 0.5) is 0 Å². The third-order valence-electron chi connectivity index (χ3n) is 5.57. The highest BCUT2D eigenvalue weighted by atomic mass is 16.1. The molecule has 5 heteroatoms. The average molecular weight is 330 g/mol. The molecule has 0 spiro atoms. The van der Waals surface area contributed by atoms with Gasteiger partial charge in [0.1, 0.15) is 5.82 Å². The summed E-state index contributed by atoms with van der Waals surface area (Å²) in [6.07, 6.45) is 6.72. The molecule has 132 valence electrons. The van der Waals surface area contributed by atoms with E-state index in [1.165, 1.54) is 12.0 Å². The molecule has 1 aliphatic carbocycles. The number of fused-ring (bicyclic) bond motifs is 1. The van der Waals surface area contributed by atoms with Gasteiger partial charge in [0.2, 0.25) is 0 Å². The zero-order valence-electron chi connectivity index (χ0n) is 15.4. The molecule has 0 fully saturated rings. The quantitative estimate of drug-likeness (QED) is 0.906. The van der Waals surface area contributed by atoms with Crippen molar-refractivity contribution in [3.8, 4) is 0 Å². The fourth-order valence-electron chi connectivity index (χ4n) is 3.99. The van der Waals surface area contributed by atoms with Crippen LogP contribution >= 0.6 is 0 Å². The van der Waals surface area contributed by atoms with Gasteiger partial charge in [0, 0.05) is 13.1 Å². The van der Waals surface area contributed by atoms with Crippen molar-refractivity contribution in [1.82, 2.24) is 14.5 Å². The number of carbonyl (C=O) groups excluding carboxylic acids is 1. The van der Waals surface area contributed by atoms with Crippen molar-refractivity contribution in [3.63, 3.8) is 0 Å². The van der Waals surface area contributed by atoms with Gasteiger partial charge in [-0.05, 0) is 56.2 Å². The largest absolute Gasteiger partial charge is 0.364 e. The Kier molecular flexibility index (Phi) is 4.56. The van der Waals surface area contributed by atoms with Gasteiger partial charge in [-0.25, -0.2) is 4.98 Å². The van der Waals surface area contributed by atoms with Gasteiger partial charge in [-0.3, -0.25) is 4.79 Å². The molecule has 1 atom stereocenters. The van der Waals surface area contributed by atoms with Crippen LogP contribution in [0.15, 0.2) is 6.08 Å². The van der Waals surface area contributed by atoms with Gasteiger partial charge in [-0.15, -0.1) is 0 Å². The van der Waals surface area contributed by atoms with E-state index in [1.54, 1.807) is 0 Å². The first-order chi connectivity index (χ1) is 11.3. The summed E-state index contributed by atoms with van der Waals surface area (Å²) in [5.74, 6) is 1.27. The summed E-state index contributed by atoms with van der Waals surface area (Å²) in [5.41, 5.74) is 8.67. The minimum Gasteiger partial charge on any atom is -0.364 e. The van der Waals surface area contributed by atoms with Crippen LogP contribution in [-0.4, -0.2) is 34.0 Å². The molecule has 0 bridgehead atoms. The van der Waals surface area contributed by atoms with Gasteiger partial charge >= 0.3 is 0 Å². The molecule has 24 heavy (non-hydrogen) atoms. The second-order valence-electron chi connectivity index (χ2n) is 8.40. The molecule has 0 aromatic carbocycles. The van der Waals surface area contributed by atoms with Crippen molar-refractivity contribution in [2.24, 2.45) is 17.1 Å². The predicted molar refractivity (Wildman–Crippen MR) is 96.5 cm³/mol. The van der Waals surface area contributed by atoms with Crippen molar-refractivity contribution in [2.75, 3.05) is 13.6 Å². The van der Waals surface area contributed by atoms with Crippen LogP contribution in [0.2, 0.25) is 0 Å². The Morgan fingerprint density at radius 2 is 2.08 bits per heavy atom. The summed E-state index contributed by atoms with van der Waals surface area (Å²) in [6.45, 7) is 9.64. The Morgan fingerprint density at radius 1 is 1.33 bits per heavy atom. The number of nitrogens with zero attached hydrogens (tertiary/aromatic N) is 3. The van der Waals surface area contributed by atoms with Crippen LogP contribution in [0.1, 0.15) is 68.5 Å². The number of carbonyl (C=O) groups is 1. The van der Waals surface area contributed by atoms with E-state index in [2.05, 4.69) is 48.3 Å². The summed E-state index contributed by atoms with van der Waals surface area (Å²) in [7, 11) is 2.08. The summed E-state index contributed by atoms with van der Waals surface area (Å²) < 4.78 is 2.24. The van der Waals surface area contributed by atoms with E-state index >= 15 is 0 Å². The predicted octanol–water partition coefficient (Wildman–Crippen LogP) is 3.05. The summed E-state index contributed by atoms with van der Waals surface area (Å²) in [4.78, 5) is 18.8. The molecule has 3 rings (SSSR count). The third-order valence-corrected chi connectivity index (χ3v) is 5.57. The lowest BCUT2D eigenvalue weighted by Crippen LogP contribution is -2.22. The van der Waals surface area contributed by atoms with E-state index < -0.39 is 5.91 Å². The van der Waals surface area contributed by atoms with E-state index in [9.17, 15) is 4.79 Å². The normalized spacial score (nSPS) is 22.7. The van der Waals surface area contributed by atoms with Gasteiger partial charge in [-0.1, -0.05) is 26.8 Å². The summed E-state index contributed by atoms with van der Waals surface area (Å²) in [5, 5.41) is 0. The monoisotopic (exact) mass is 330 g/mol. The Morgan fingerprint density at radius 3 is 2.67 bits per heavy atom. The fourth-order valence-corrected chi connectivity index (χ4v) is 3.99. The Labute approximate surface area is 144 Å². The second kappa shape index (κ2) is 6.36. The van der Waals surface area contributed by atoms with Crippen LogP contribution in [0.3, 0.4) is 0 Å². The molecular weight excluding hydrogens is 300 g/mol. The van der Waals surface area contributed by atoms with Gasteiger partial charge < -0.3 is 15.2 Å². The number of allylic oxidation sites excluding steroid dienone is 2. The first kappa shape index (κ1) is 17.2. The molecule has 1 unspecified atom stereocenters. The molecular formula is C19H30N4O. The van der Waals surface area contributed by atoms with E-state index in [-0.39, 0.29) is 0 Å². The van der Waals surface area contributed by atoms with Crippen LogP contribution in [-0.2, 0) is 13.1 Å². The van der Waals surface area contributed by atoms with Crippen LogP contribution in [0.25, 0.3) is 5.57 Å². The number of nitrogens with two attached hydrogens (primary N) is 1. The van der Waals surface area contributed by atoms with E-state index in [0.29, 0.717) is 17.0 Å². The number of imidazole rings is 1. The van der Waals surface area contributed by atoms with Crippen molar-refractivity contribution in [1.29, 1.82) is 0 Å². The maximum atomic E-state index is 11.9. The minimum absolute atomic E-state index is 0.340. The van der Waals surface area contributed by atoms with Crippen LogP contribution in [0, 0.1) is 11.3 Å². The summed E-state index contributed by atoms with van der Waals surface area (Å²) >= 11 is 0. The van der Waals surface area contributed by atoms with Gasteiger partial charge in [-0.2, -0.15) is 0 Å². The number of amides is 1.